The highest BCUT2D eigenvalue weighted by Gasteiger charge is 2.33. The van der Waals surface area contributed by atoms with Gasteiger partial charge in [-0.2, -0.15) is 0 Å². The van der Waals surface area contributed by atoms with Crippen molar-refractivity contribution in [2.45, 2.75) is 44.7 Å². The number of sulfone groups is 1. The van der Waals surface area contributed by atoms with Crippen molar-refractivity contribution in [1.82, 2.24) is 10.6 Å². The molecule has 0 aromatic heterocycles. The monoisotopic (exact) mass is 358 g/mol. The zero-order valence-electron chi connectivity index (χ0n) is 13.4. The van der Waals surface area contributed by atoms with E-state index >= 15 is 0 Å². The van der Waals surface area contributed by atoms with Gasteiger partial charge in [0.15, 0.2) is 9.84 Å². The minimum Gasteiger partial charge on any atom is -0.334 e. The van der Waals surface area contributed by atoms with Crippen LogP contribution in [0.5, 0.6) is 0 Å². The molecule has 0 saturated carbocycles. The molecule has 0 unspecified atom stereocenters. The van der Waals surface area contributed by atoms with Gasteiger partial charge in [-0.3, -0.25) is 0 Å². The second-order valence-electron chi connectivity index (χ2n) is 5.99. The minimum absolute atomic E-state index is 0.0205. The Hall–Kier alpha value is -1.27. The van der Waals surface area contributed by atoms with Gasteiger partial charge in [-0.25, -0.2) is 13.2 Å². The van der Waals surface area contributed by atoms with Gasteiger partial charge in [-0.05, 0) is 37.0 Å². The van der Waals surface area contributed by atoms with Gasteiger partial charge in [0.25, 0.3) is 0 Å². The van der Waals surface area contributed by atoms with E-state index in [4.69, 9.17) is 11.6 Å². The average Bonchev–Trinajstić information content (AvgIpc) is 2.84. The molecular weight excluding hydrogens is 336 g/mol. The number of hydrogen-bond acceptors (Lipinski definition) is 3. The molecule has 2 N–H and O–H groups in total. The van der Waals surface area contributed by atoms with Crippen LogP contribution in [-0.2, 0) is 15.4 Å². The Morgan fingerprint density at radius 2 is 1.87 bits per heavy atom. The average molecular weight is 359 g/mol. The van der Waals surface area contributed by atoms with E-state index in [2.05, 4.69) is 10.6 Å². The summed E-state index contributed by atoms with van der Waals surface area (Å²) in [6, 6.07) is 6.80. The van der Waals surface area contributed by atoms with E-state index in [9.17, 15) is 13.2 Å². The van der Waals surface area contributed by atoms with E-state index in [-0.39, 0.29) is 23.6 Å². The van der Waals surface area contributed by atoms with Gasteiger partial charge in [-0.1, -0.05) is 37.6 Å². The zero-order chi connectivity index (χ0) is 17.1. The standard InChI is InChI=1S/C16H23ClN2O3S/c1-3-16(4-2,12-5-7-13(17)8-6-12)19-15(20)18-14-9-10-23(21,22)11-14/h5-8,14H,3-4,9-11H2,1-2H3,(H2,18,19,20)/t14-/m1/s1. The largest absolute Gasteiger partial charge is 0.334 e. The number of benzene rings is 1. The van der Waals surface area contributed by atoms with Crippen LogP contribution in [0.2, 0.25) is 5.02 Å². The maximum Gasteiger partial charge on any atom is 0.315 e. The third kappa shape index (κ3) is 4.38. The molecule has 1 atom stereocenters. The predicted molar refractivity (Wildman–Crippen MR) is 92.4 cm³/mol. The summed E-state index contributed by atoms with van der Waals surface area (Å²) in [6.45, 7) is 4.02. The summed E-state index contributed by atoms with van der Waals surface area (Å²) >= 11 is 5.94. The van der Waals surface area contributed by atoms with Crippen LogP contribution in [0, 0.1) is 0 Å². The molecule has 0 radical (unpaired) electrons. The Morgan fingerprint density at radius 1 is 1.26 bits per heavy atom. The van der Waals surface area contributed by atoms with Crippen molar-refractivity contribution in [3.8, 4) is 0 Å². The molecule has 0 aliphatic carbocycles. The summed E-state index contributed by atoms with van der Waals surface area (Å²) in [6.07, 6.45) is 1.92. The van der Waals surface area contributed by atoms with Crippen LogP contribution < -0.4 is 10.6 Å². The SMILES string of the molecule is CCC(CC)(NC(=O)N[C@@H]1CCS(=O)(=O)C1)c1ccc(Cl)cc1. The van der Waals surface area contributed by atoms with Gasteiger partial charge < -0.3 is 10.6 Å². The van der Waals surface area contributed by atoms with Gasteiger partial charge in [0.2, 0.25) is 0 Å². The Labute approximate surface area is 142 Å². The van der Waals surface area contributed by atoms with Crippen LogP contribution >= 0.6 is 11.6 Å². The third-order valence-corrected chi connectivity index (χ3v) is 6.54. The number of carbonyl (C=O) groups is 1. The van der Waals surface area contributed by atoms with Gasteiger partial charge >= 0.3 is 6.03 Å². The molecule has 23 heavy (non-hydrogen) atoms. The predicted octanol–water partition coefficient (Wildman–Crippen LogP) is 2.84. The van der Waals surface area contributed by atoms with E-state index in [1.54, 1.807) is 12.1 Å². The van der Waals surface area contributed by atoms with Crippen molar-refractivity contribution < 1.29 is 13.2 Å². The van der Waals surface area contributed by atoms with E-state index in [0.29, 0.717) is 11.4 Å². The summed E-state index contributed by atoms with van der Waals surface area (Å²) in [4.78, 5) is 12.3. The lowest BCUT2D eigenvalue weighted by atomic mass is 9.85. The number of rotatable bonds is 5. The normalized spacial score (nSPS) is 20.2. The number of hydrogen-bond donors (Lipinski definition) is 2. The van der Waals surface area contributed by atoms with Gasteiger partial charge in [0.1, 0.15) is 0 Å². The molecule has 1 aromatic carbocycles. The Kier molecular flexibility index (Phi) is 5.57. The van der Waals surface area contributed by atoms with E-state index in [1.807, 2.05) is 26.0 Å². The molecule has 1 saturated heterocycles. The molecule has 1 aliphatic heterocycles. The number of carbonyl (C=O) groups excluding carboxylic acids is 1. The lowest BCUT2D eigenvalue weighted by molar-refractivity contribution is 0.217. The fraction of sp³-hybridized carbons (Fsp3) is 0.562. The molecule has 2 amide bonds. The number of urea groups is 1. The first kappa shape index (κ1) is 18.1. The van der Waals surface area contributed by atoms with Crippen molar-refractivity contribution in [3.63, 3.8) is 0 Å². The summed E-state index contributed by atoms with van der Waals surface area (Å²) in [5, 5.41) is 6.46. The first-order valence-corrected chi connectivity index (χ1v) is 10.1. The Morgan fingerprint density at radius 3 is 2.35 bits per heavy atom. The van der Waals surface area contributed by atoms with Crippen molar-refractivity contribution in [3.05, 3.63) is 34.9 Å². The first-order chi connectivity index (χ1) is 10.8. The highest BCUT2D eigenvalue weighted by atomic mass is 35.5. The lowest BCUT2D eigenvalue weighted by Crippen LogP contribution is -2.52. The summed E-state index contributed by atoms with van der Waals surface area (Å²) in [5.74, 6) is 0.161. The van der Waals surface area contributed by atoms with Crippen molar-refractivity contribution >= 4 is 27.5 Å². The number of nitrogens with one attached hydrogen (secondary N) is 2. The van der Waals surface area contributed by atoms with Crippen LogP contribution in [0.25, 0.3) is 0 Å². The zero-order valence-corrected chi connectivity index (χ0v) is 15.0. The Balaban J connectivity index is 2.09. The highest BCUT2D eigenvalue weighted by Crippen LogP contribution is 2.29. The quantitative estimate of drug-likeness (QED) is 0.849. The molecule has 1 aromatic rings. The Bertz CT molecular complexity index is 654. The topological polar surface area (TPSA) is 75.3 Å². The van der Waals surface area contributed by atoms with E-state index in [0.717, 1.165) is 18.4 Å². The van der Waals surface area contributed by atoms with Crippen LogP contribution in [0.4, 0.5) is 4.79 Å². The minimum atomic E-state index is -3.01. The second kappa shape index (κ2) is 7.09. The molecule has 0 bridgehead atoms. The number of halogens is 1. The maximum absolute atomic E-state index is 12.3. The maximum atomic E-state index is 12.3. The first-order valence-electron chi connectivity index (χ1n) is 7.85. The van der Waals surface area contributed by atoms with Crippen LogP contribution in [0.1, 0.15) is 38.7 Å². The van der Waals surface area contributed by atoms with Gasteiger partial charge in [-0.15, -0.1) is 0 Å². The fourth-order valence-corrected chi connectivity index (χ4v) is 4.82. The summed E-state index contributed by atoms with van der Waals surface area (Å²) in [5.41, 5.74) is 0.493. The van der Waals surface area contributed by atoms with E-state index < -0.39 is 15.4 Å². The molecule has 2 rings (SSSR count). The molecule has 1 heterocycles. The fourth-order valence-electron chi connectivity index (χ4n) is 3.02. The highest BCUT2D eigenvalue weighted by molar-refractivity contribution is 7.91. The molecular formula is C16H23ClN2O3S. The van der Waals surface area contributed by atoms with Gasteiger partial charge in [0, 0.05) is 11.1 Å². The summed E-state index contributed by atoms with van der Waals surface area (Å²) in [7, 11) is -3.01. The second-order valence-corrected chi connectivity index (χ2v) is 8.66. The van der Waals surface area contributed by atoms with Crippen molar-refractivity contribution in [2.24, 2.45) is 0 Å². The molecule has 1 aliphatic rings. The van der Waals surface area contributed by atoms with Crippen molar-refractivity contribution in [1.29, 1.82) is 0 Å². The van der Waals surface area contributed by atoms with Gasteiger partial charge in [0.05, 0.1) is 17.0 Å². The van der Waals surface area contributed by atoms with Crippen LogP contribution in [0.3, 0.4) is 0 Å². The van der Waals surface area contributed by atoms with Crippen LogP contribution in [-0.4, -0.2) is 32.0 Å². The molecule has 1 fully saturated rings. The number of amides is 2. The molecule has 7 heteroatoms. The molecule has 128 valence electrons. The summed E-state index contributed by atoms with van der Waals surface area (Å²) < 4.78 is 23.0. The van der Waals surface area contributed by atoms with Crippen molar-refractivity contribution in [2.75, 3.05) is 11.5 Å². The molecule has 0 spiro atoms. The third-order valence-electron chi connectivity index (χ3n) is 4.52. The van der Waals surface area contributed by atoms with Crippen LogP contribution in [0.15, 0.2) is 24.3 Å². The molecule has 5 nitrogen and oxygen atoms in total. The smallest absolute Gasteiger partial charge is 0.315 e. The lowest BCUT2D eigenvalue weighted by Gasteiger charge is -2.34. The van der Waals surface area contributed by atoms with E-state index in [1.165, 1.54) is 0 Å².